The van der Waals surface area contributed by atoms with Gasteiger partial charge in [-0.3, -0.25) is 0 Å². The molecular formula is HO3PS. The summed E-state index contributed by atoms with van der Waals surface area (Å²) >= 11 is 0.824. The lowest BCUT2D eigenvalue weighted by atomic mass is 15.7. The fourth-order valence-electron chi connectivity index (χ4n) is 0.0576. The van der Waals surface area contributed by atoms with Crippen molar-refractivity contribution in [1.82, 2.24) is 0 Å². The van der Waals surface area contributed by atoms with Crippen molar-refractivity contribution in [3.8, 4) is 0 Å². The smallest absolute Gasteiger partial charge is 0.327 e. The maximum Gasteiger partial charge on any atom is 0.358 e. The summed E-state index contributed by atoms with van der Waals surface area (Å²) in [7, 11) is -1.45. The zero-order valence-corrected chi connectivity index (χ0v) is 3.83. The van der Waals surface area contributed by atoms with Crippen LogP contribution in [0.15, 0.2) is 0 Å². The number of hydrogen-bond acceptors (Lipinski definition) is 4. The molecule has 0 radical (unpaired) electrons. The largest absolute Gasteiger partial charge is 0.358 e. The number of rotatable bonds is 0. The SMILES string of the molecule is OP1OSO1. The Balaban J connectivity index is 2.08. The lowest BCUT2D eigenvalue weighted by Crippen LogP contribution is -1.84. The summed E-state index contributed by atoms with van der Waals surface area (Å²) in [6.07, 6.45) is 0. The van der Waals surface area contributed by atoms with Gasteiger partial charge in [-0.25, -0.2) is 7.94 Å². The summed E-state index contributed by atoms with van der Waals surface area (Å²) in [5.41, 5.74) is 0. The van der Waals surface area contributed by atoms with Crippen LogP contribution in [-0.4, -0.2) is 4.89 Å². The summed E-state index contributed by atoms with van der Waals surface area (Å²) in [6.45, 7) is 0. The summed E-state index contributed by atoms with van der Waals surface area (Å²) in [5.74, 6) is 0. The van der Waals surface area contributed by atoms with E-state index in [0.717, 1.165) is 12.3 Å². The molecule has 1 aliphatic rings. The molecule has 0 amide bonds. The summed E-state index contributed by atoms with van der Waals surface area (Å²) in [5, 5.41) is 0. The van der Waals surface area contributed by atoms with Gasteiger partial charge < -0.3 is 4.89 Å². The monoisotopic (exact) mass is 112 g/mol. The first-order valence-corrected chi connectivity index (χ1v) is 2.70. The van der Waals surface area contributed by atoms with Gasteiger partial charge in [-0.1, -0.05) is 0 Å². The lowest BCUT2D eigenvalue weighted by Gasteiger charge is -2.12. The van der Waals surface area contributed by atoms with Crippen molar-refractivity contribution in [1.29, 1.82) is 0 Å². The molecule has 1 N–H and O–H groups in total. The molecule has 5 heavy (non-hydrogen) atoms. The van der Waals surface area contributed by atoms with E-state index in [-0.39, 0.29) is 0 Å². The van der Waals surface area contributed by atoms with Gasteiger partial charge in [0.15, 0.2) is 12.3 Å². The normalized spacial score (nSPS) is 25.8. The van der Waals surface area contributed by atoms with E-state index in [9.17, 15) is 0 Å². The second-order valence-corrected chi connectivity index (χ2v) is 2.26. The fourth-order valence-corrected chi connectivity index (χ4v) is 0.519. The van der Waals surface area contributed by atoms with Crippen molar-refractivity contribution in [2.75, 3.05) is 0 Å². The van der Waals surface area contributed by atoms with Crippen molar-refractivity contribution in [3.05, 3.63) is 0 Å². The molecule has 1 saturated heterocycles. The van der Waals surface area contributed by atoms with E-state index in [0.29, 0.717) is 0 Å². The third kappa shape index (κ3) is 0.743. The molecule has 30 valence electrons. The summed E-state index contributed by atoms with van der Waals surface area (Å²) < 4.78 is 8.49. The van der Waals surface area contributed by atoms with Crippen molar-refractivity contribution in [3.63, 3.8) is 0 Å². The Hall–Kier alpha value is 0.660. The molecule has 0 bridgehead atoms. The molecule has 0 aromatic rings. The van der Waals surface area contributed by atoms with Gasteiger partial charge in [-0.15, -0.1) is 0 Å². The molecule has 0 aliphatic carbocycles. The van der Waals surface area contributed by atoms with E-state index in [1.54, 1.807) is 0 Å². The molecule has 0 saturated carbocycles. The van der Waals surface area contributed by atoms with Gasteiger partial charge in [-0.05, 0) is 0 Å². The molecule has 0 atom stereocenters. The van der Waals surface area contributed by atoms with Gasteiger partial charge in [-0.2, -0.15) is 0 Å². The van der Waals surface area contributed by atoms with Crippen LogP contribution in [-0.2, 0) is 7.94 Å². The third-order valence-electron chi connectivity index (χ3n) is 0.188. The quantitative estimate of drug-likeness (QED) is 0.372. The minimum absolute atomic E-state index is 0.824. The summed E-state index contributed by atoms with van der Waals surface area (Å²) in [6, 6.07) is 0. The molecule has 0 unspecified atom stereocenters. The molecule has 3 nitrogen and oxygen atoms in total. The highest BCUT2D eigenvalue weighted by Crippen LogP contribution is 2.53. The van der Waals surface area contributed by atoms with Crippen molar-refractivity contribution in [2.45, 2.75) is 0 Å². The van der Waals surface area contributed by atoms with E-state index < -0.39 is 8.60 Å². The Morgan fingerprint density at radius 3 is 2.00 bits per heavy atom. The average molecular weight is 112 g/mol. The highest BCUT2D eigenvalue weighted by atomic mass is 32.2. The summed E-state index contributed by atoms with van der Waals surface area (Å²) in [4.78, 5) is 8.05. The maximum atomic E-state index is 8.05. The maximum absolute atomic E-state index is 8.05. The highest BCUT2D eigenvalue weighted by molar-refractivity contribution is 8.01. The van der Waals surface area contributed by atoms with Crippen LogP contribution < -0.4 is 0 Å². The first kappa shape index (κ1) is 3.84. The van der Waals surface area contributed by atoms with E-state index in [4.69, 9.17) is 4.89 Å². The topological polar surface area (TPSA) is 38.7 Å². The van der Waals surface area contributed by atoms with Crippen molar-refractivity contribution >= 4 is 20.9 Å². The molecule has 1 aliphatic heterocycles. The molecule has 1 heterocycles. The van der Waals surface area contributed by atoms with Crippen molar-refractivity contribution in [2.24, 2.45) is 0 Å². The molecule has 0 aromatic heterocycles. The second kappa shape index (κ2) is 1.41. The third-order valence-corrected chi connectivity index (χ3v) is 1.70. The average Bonchev–Trinajstić information content (AvgIpc) is 1.30. The Morgan fingerprint density at radius 1 is 1.60 bits per heavy atom. The predicted octanol–water partition coefficient (Wildman–Crippen LogP) is 0.816. The van der Waals surface area contributed by atoms with Crippen LogP contribution in [0.5, 0.6) is 0 Å². The van der Waals surface area contributed by atoms with Gasteiger partial charge >= 0.3 is 8.60 Å². The molecular weight excluding hydrogens is 111 g/mol. The molecule has 5 heteroatoms. The standard InChI is InChI=1S/HO3PS/c1-4-2-5-3-4/h1H. The highest BCUT2D eigenvalue weighted by Gasteiger charge is 2.19. The first-order chi connectivity index (χ1) is 2.39. The number of hydrogen-bond donors (Lipinski definition) is 1. The predicted molar refractivity (Wildman–Crippen MR) is 18.9 cm³/mol. The molecule has 0 aromatic carbocycles. The van der Waals surface area contributed by atoms with Gasteiger partial charge in [0.05, 0.1) is 0 Å². The fraction of sp³-hybridized carbons (Fsp3) is 0. The molecule has 1 rings (SSSR count). The van der Waals surface area contributed by atoms with Crippen LogP contribution in [0.1, 0.15) is 0 Å². The Morgan fingerprint density at radius 2 is 2.00 bits per heavy atom. The van der Waals surface area contributed by atoms with E-state index >= 15 is 0 Å². The van der Waals surface area contributed by atoms with Gasteiger partial charge in [0.2, 0.25) is 0 Å². The van der Waals surface area contributed by atoms with Crippen LogP contribution in [0.3, 0.4) is 0 Å². The first-order valence-electron chi connectivity index (χ1n) is 0.898. The van der Waals surface area contributed by atoms with Gasteiger partial charge in [0, 0.05) is 0 Å². The molecule has 1 fully saturated rings. The second-order valence-electron chi connectivity index (χ2n) is 0.455. The van der Waals surface area contributed by atoms with Crippen LogP contribution in [0.2, 0.25) is 0 Å². The van der Waals surface area contributed by atoms with Crippen LogP contribution >= 0.6 is 20.9 Å². The minimum Gasteiger partial charge on any atom is -0.327 e. The van der Waals surface area contributed by atoms with Gasteiger partial charge in [0.25, 0.3) is 0 Å². The zero-order chi connectivity index (χ0) is 3.70. The van der Waals surface area contributed by atoms with Gasteiger partial charge in [0.1, 0.15) is 0 Å². The van der Waals surface area contributed by atoms with E-state index in [1.165, 1.54) is 0 Å². The molecule has 0 spiro atoms. The van der Waals surface area contributed by atoms with Crippen LogP contribution in [0.4, 0.5) is 0 Å². The van der Waals surface area contributed by atoms with Crippen LogP contribution in [0, 0.1) is 0 Å². The Bertz CT molecular complexity index is 33.9. The zero-order valence-electron chi connectivity index (χ0n) is 2.12. The van der Waals surface area contributed by atoms with Crippen molar-refractivity contribution < 1.29 is 12.8 Å². The Labute approximate surface area is 34.7 Å². The van der Waals surface area contributed by atoms with E-state index in [1.807, 2.05) is 0 Å². The lowest BCUT2D eigenvalue weighted by molar-refractivity contribution is 0.358. The minimum atomic E-state index is -1.45. The van der Waals surface area contributed by atoms with E-state index in [2.05, 4.69) is 7.94 Å². The Kier molecular flexibility index (Phi) is 1.08. The van der Waals surface area contributed by atoms with Crippen LogP contribution in [0.25, 0.3) is 0 Å².